The Kier molecular flexibility index (Phi) is 6.53. The summed E-state index contributed by atoms with van der Waals surface area (Å²) in [6, 6.07) is 12.9. The Morgan fingerprint density at radius 2 is 1.86 bits per heavy atom. The summed E-state index contributed by atoms with van der Waals surface area (Å²) in [5.41, 5.74) is 3.32. The number of hydrogen-bond acceptors (Lipinski definition) is 6. The fourth-order valence-electron chi connectivity index (χ4n) is 2.89. The van der Waals surface area contributed by atoms with Gasteiger partial charge in [-0.25, -0.2) is 0 Å². The molecule has 1 aromatic heterocycles. The van der Waals surface area contributed by atoms with Crippen LogP contribution in [0.1, 0.15) is 42.4 Å². The van der Waals surface area contributed by atoms with Crippen molar-refractivity contribution < 1.29 is 9.66 Å². The normalized spacial score (nSPS) is 11.1. The standard InChI is InChI=1S/C21H24N4O3S/c1-14(2)24-20(12-28-19-11-15(3)5-6-16(19)4)22-23-21(24)29-13-17-7-9-18(10-8-17)25(26)27/h5-11,14H,12-13H2,1-4H3. The van der Waals surface area contributed by atoms with Crippen molar-refractivity contribution in [1.82, 2.24) is 14.8 Å². The number of nitro groups is 1. The number of benzene rings is 2. The van der Waals surface area contributed by atoms with E-state index in [1.54, 1.807) is 23.9 Å². The molecule has 0 fully saturated rings. The molecule has 0 aliphatic heterocycles. The first-order valence-corrected chi connectivity index (χ1v) is 10.3. The van der Waals surface area contributed by atoms with E-state index in [0.717, 1.165) is 33.4 Å². The summed E-state index contributed by atoms with van der Waals surface area (Å²) < 4.78 is 8.08. The number of aromatic nitrogens is 3. The van der Waals surface area contributed by atoms with Gasteiger partial charge in [0.25, 0.3) is 5.69 Å². The number of hydrogen-bond donors (Lipinski definition) is 0. The Morgan fingerprint density at radius 3 is 2.52 bits per heavy atom. The van der Waals surface area contributed by atoms with Crippen LogP contribution in [-0.4, -0.2) is 19.7 Å². The van der Waals surface area contributed by atoms with Gasteiger partial charge in [0.05, 0.1) is 4.92 Å². The third-order valence-corrected chi connectivity index (χ3v) is 5.48. The first kappa shape index (κ1) is 20.9. The monoisotopic (exact) mass is 412 g/mol. The van der Waals surface area contributed by atoms with E-state index in [-0.39, 0.29) is 11.7 Å². The van der Waals surface area contributed by atoms with Gasteiger partial charge < -0.3 is 9.30 Å². The minimum atomic E-state index is -0.394. The van der Waals surface area contributed by atoms with E-state index < -0.39 is 4.92 Å². The summed E-state index contributed by atoms with van der Waals surface area (Å²) in [5, 5.41) is 20.3. The molecule has 0 aliphatic carbocycles. The van der Waals surface area contributed by atoms with E-state index in [9.17, 15) is 10.1 Å². The van der Waals surface area contributed by atoms with Gasteiger partial charge in [-0.3, -0.25) is 10.1 Å². The lowest BCUT2D eigenvalue weighted by Gasteiger charge is -2.15. The lowest BCUT2D eigenvalue weighted by atomic mass is 10.1. The van der Waals surface area contributed by atoms with E-state index in [1.165, 1.54) is 12.1 Å². The van der Waals surface area contributed by atoms with Crippen molar-refractivity contribution in [3.8, 4) is 5.75 Å². The van der Waals surface area contributed by atoms with Crippen LogP contribution >= 0.6 is 11.8 Å². The molecule has 3 aromatic rings. The fraction of sp³-hybridized carbons (Fsp3) is 0.333. The molecule has 0 atom stereocenters. The summed E-state index contributed by atoms with van der Waals surface area (Å²) >= 11 is 1.55. The first-order valence-electron chi connectivity index (χ1n) is 9.35. The second kappa shape index (κ2) is 9.09. The van der Waals surface area contributed by atoms with Gasteiger partial charge in [-0.15, -0.1) is 10.2 Å². The fourth-order valence-corrected chi connectivity index (χ4v) is 3.93. The molecule has 152 valence electrons. The van der Waals surface area contributed by atoms with Gasteiger partial charge in [-0.2, -0.15) is 0 Å². The van der Waals surface area contributed by atoms with Gasteiger partial charge >= 0.3 is 0 Å². The molecule has 0 amide bonds. The van der Waals surface area contributed by atoms with Crippen molar-refractivity contribution in [3.63, 3.8) is 0 Å². The van der Waals surface area contributed by atoms with Crippen LogP contribution in [0.2, 0.25) is 0 Å². The maximum atomic E-state index is 10.8. The lowest BCUT2D eigenvalue weighted by Crippen LogP contribution is -2.11. The van der Waals surface area contributed by atoms with Crippen LogP contribution in [0.4, 0.5) is 5.69 Å². The highest BCUT2D eigenvalue weighted by Crippen LogP contribution is 2.27. The van der Waals surface area contributed by atoms with Crippen LogP contribution in [0.15, 0.2) is 47.6 Å². The highest BCUT2D eigenvalue weighted by molar-refractivity contribution is 7.98. The second-order valence-electron chi connectivity index (χ2n) is 7.13. The van der Waals surface area contributed by atoms with Crippen LogP contribution in [0.3, 0.4) is 0 Å². The first-order chi connectivity index (χ1) is 13.8. The summed E-state index contributed by atoms with van der Waals surface area (Å²) in [5.74, 6) is 2.27. The minimum Gasteiger partial charge on any atom is -0.485 e. The summed E-state index contributed by atoms with van der Waals surface area (Å²) in [7, 11) is 0. The number of non-ortho nitro benzene ring substituents is 1. The third kappa shape index (κ3) is 5.14. The predicted octanol–water partition coefficient (Wildman–Crippen LogP) is 5.26. The Hall–Kier alpha value is -2.87. The number of nitro benzene ring substituents is 1. The molecule has 2 aromatic carbocycles. The molecule has 8 heteroatoms. The molecule has 0 bridgehead atoms. The molecule has 0 saturated carbocycles. The van der Waals surface area contributed by atoms with Gasteiger partial charge in [-0.1, -0.05) is 36.0 Å². The van der Waals surface area contributed by atoms with Crippen molar-refractivity contribution in [2.24, 2.45) is 0 Å². The van der Waals surface area contributed by atoms with Crippen molar-refractivity contribution in [2.75, 3.05) is 0 Å². The van der Waals surface area contributed by atoms with Crippen LogP contribution in [0.5, 0.6) is 5.75 Å². The molecular formula is C21H24N4O3S. The zero-order valence-corrected chi connectivity index (χ0v) is 17.8. The largest absolute Gasteiger partial charge is 0.485 e. The summed E-state index contributed by atoms with van der Waals surface area (Å²) in [6.07, 6.45) is 0. The lowest BCUT2D eigenvalue weighted by molar-refractivity contribution is -0.384. The van der Waals surface area contributed by atoms with Crippen LogP contribution in [0, 0.1) is 24.0 Å². The molecule has 0 radical (unpaired) electrons. The number of thioether (sulfide) groups is 1. The zero-order chi connectivity index (χ0) is 21.0. The summed E-state index contributed by atoms with van der Waals surface area (Å²) in [6.45, 7) is 8.57. The average molecular weight is 413 g/mol. The Morgan fingerprint density at radius 1 is 1.14 bits per heavy atom. The Labute approximate surface area is 174 Å². The molecule has 0 N–H and O–H groups in total. The van der Waals surface area contributed by atoms with E-state index in [0.29, 0.717) is 12.4 Å². The van der Waals surface area contributed by atoms with Crippen LogP contribution in [-0.2, 0) is 12.4 Å². The maximum absolute atomic E-state index is 10.8. The van der Waals surface area contributed by atoms with E-state index in [2.05, 4.69) is 34.7 Å². The van der Waals surface area contributed by atoms with Crippen molar-refractivity contribution in [3.05, 3.63) is 75.1 Å². The number of nitrogens with zero attached hydrogens (tertiary/aromatic N) is 4. The molecule has 29 heavy (non-hydrogen) atoms. The highest BCUT2D eigenvalue weighted by Gasteiger charge is 2.16. The molecule has 0 saturated heterocycles. The SMILES string of the molecule is Cc1ccc(C)c(OCc2nnc(SCc3ccc([N+](=O)[O-])cc3)n2C(C)C)c1. The predicted molar refractivity (Wildman–Crippen MR) is 113 cm³/mol. The van der Waals surface area contributed by atoms with E-state index in [1.807, 2.05) is 26.0 Å². The molecule has 0 spiro atoms. The smallest absolute Gasteiger partial charge is 0.269 e. The summed E-state index contributed by atoms with van der Waals surface area (Å²) in [4.78, 5) is 10.4. The topological polar surface area (TPSA) is 83.1 Å². The Bertz CT molecular complexity index is 1000. The van der Waals surface area contributed by atoms with Crippen molar-refractivity contribution in [2.45, 2.75) is 51.3 Å². The van der Waals surface area contributed by atoms with Crippen LogP contribution in [0.25, 0.3) is 0 Å². The minimum absolute atomic E-state index is 0.0926. The molecule has 0 aliphatic rings. The van der Waals surface area contributed by atoms with Gasteiger partial charge in [0.2, 0.25) is 0 Å². The average Bonchev–Trinajstić information content (AvgIpc) is 3.10. The quantitative estimate of drug-likeness (QED) is 0.285. The van der Waals surface area contributed by atoms with E-state index in [4.69, 9.17) is 4.74 Å². The van der Waals surface area contributed by atoms with E-state index >= 15 is 0 Å². The number of rotatable bonds is 8. The molecule has 1 heterocycles. The number of aryl methyl sites for hydroxylation is 2. The van der Waals surface area contributed by atoms with Gasteiger partial charge in [0.1, 0.15) is 12.4 Å². The molecule has 7 nitrogen and oxygen atoms in total. The molecule has 3 rings (SSSR count). The van der Waals surface area contributed by atoms with Gasteiger partial charge in [0.15, 0.2) is 11.0 Å². The van der Waals surface area contributed by atoms with Crippen LogP contribution < -0.4 is 4.74 Å². The molecule has 0 unspecified atom stereocenters. The highest BCUT2D eigenvalue weighted by atomic mass is 32.2. The van der Waals surface area contributed by atoms with Crippen molar-refractivity contribution >= 4 is 17.4 Å². The Balaban J connectivity index is 1.71. The van der Waals surface area contributed by atoms with Gasteiger partial charge in [-0.05, 0) is 50.5 Å². The van der Waals surface area contributed by atoms with Gasteiger partial charge in [0, 0.05) is 23.9 Å². The molecular weight excluding hydrogens is 388 g/mol. The van der Waals surface area contributed by atoms with Crippen molar-refractivity contribution in [1.29, 1.82) is 0 Å². The number of ether oxygens (including phenoxy) is 1. The zero-order valence-electron chi connectivity index (χ0n) is 17.0. The maximum Gasteiger partial charge on any atom is 0.269 e. The second-order valence-corrected chi connectivity index (χ2v) is 8.07. The third-order valence-electron chi connectivity index (χ3n) is 4.47.